The summed E-state index contributed by atoms with van der Waals surface area (Å²) in [6.45, 7) is 17.2. The van der Waals surface area contributed by atoms with Gasteiger partial charge in [-0.15, -0.1) is 0 Å². The molecule has 0 saturated heterocycles. The third kappa shape index (κ3) is 8.54. The van der Waals surface area contributed by atoms with Crippen LogP contribution in [0.15, 0.2) is 130 Å². The summed E-state index contributed by atoms with van der Waals surface area (Å²) in [7, 11) is -8.76. The molecule has 53 heavy (non-hydrogen) atoms. The van der Waals surface area contributed by atoms with Crippen LogP contribution in [0.2, 0.25) is 0 Å². The van der Waals surface area contributed by atoms with Crippen molar-refractivity contribution in [3.63, 3.8) is 0 Å². The number of nitrogens with two attached hydrogens (primary N) is 1. The van der Waals surface area contributed by atoms with Gasteiger partial charge in [0.25, 0.3) is 20.2 Å². The van der Waals surface area contributed by atoms with Gasteiger partial charge in [-0.05, 0) is 127 Å². The first-order chi connectivity index (χ1) is 24.7. The van der Waals surface area contributed by atoms with Gasteiger partial charge >= 0.3 is 0 Å². The number of ether oxygens (including phenoxy) is 1. The van der Waals surface area contributed by atoms with Crippen molar-refractivity contribution < 1.29 is 30.7 Å². The topological polar surface area (TPSA) is 147 Å². The van der Waals surface area contributed by atoms with Crippen molar-refractivity contribution in [1.82, 2.24) is 0 Å². The van der Waals surface area contributed by atoms with E-state index in [2.05, 4.69) is 44.4 Å². The Balaban J connectivity index is 1.59. The van der Waals surface area contributed by atoms with Crippen LogP contribution >= 0.6 is 0 Å². The Morgan fingerprint density at radius 3 is 2.25 bits per heavy atom. The monoisotopic (exact) mass is 758 g/mol. The van der Waals surface area contributed by atoms with Crippen molar-refractivity contribution in [2.75, 3.05) is 17.2 Å². The van der Waals surface area contributed by atoms with E-state index in [1.54, 1.807) is 30.3 Å². The average Bonchev–Trinajstić information content (AvgIpc) is 3.30. The number of allylic oxidation sites excluding steroid dienone is 8. The van der Waals surface area contributed by atoms with E-state index in [4.69, 9.17) is 10.5 Å². The number of aryl methyl sites for hydroxylation is 1. The van der Waals surface area contributed by atoms with Gasteiger partial charge in [-0.25, -0.2) is 0 Å². The first-order valence-corrected chi connectivity index (χ1v) is 20.7. The average molecular weight is 759 g/mol. The van der Waals surface area contributed by atoms with E-state index in [0.717, 1.165) is 83.4 Å². The minimum atomic E-state index is -4.38. The number of fused-ring (bicyclic) bond motifs is 1. The van der Waals surface area contributed by atoms with Gasteiger partial charge in [-0.3, -0.25) is 9.11 Å². The molecule has 3 aromatic rings. The predicted molar refractivity (Wildman–Crippen MR) is 212 cm³/mol. The molecule has 11 heteroatoms. The van der Waals surface area contributed by atoms with Gasteiger partial charge in [0.2, 0.25) is 0 Å². The van der Waals surface area contributed by atoms with Crippen LogP contribution in [0.1, 0.15) is 83.4 Å². The van der Waals surface area contributed by atoms with Crippen LogP contribution in [0.4, 0.5) is 11.4 Å². The molecule has 0 radical (unpaired) electrons. The molecule has 3 aromatic carbocycles. The van der Waals surface area contributed by atoms with Crippen molar-refractivity contribution in [1.29, 1.82) is 0 Å². The molecule has 0 atom stereocenters. The minimum absolute atomic E-state index is 0.128. The Bertz CT molecular complexity index is 2260. The van der Waals surface area contributed by atoms with E-state index < -0.39 is 31.1 Å². The summed E-state index contributed by atoms with van der Waals surface area (Å²) in [6.07, 6.45) is 12.4. The van der Waals surface area contributed by atoms with Crippen LogP contribution in [0.5, 0.6) is 5.75 Å². The summed E-state index contributed by atoms with van der Waals surface area (Å²) in [5.74, 6) is 1.35. The Morgan fingerprint density at radius 2 is 1.60 bits per heavy atom. The van der Waals surface area contributed by atoms with E-state index in [-0.39, 0.29) is 9.79 Å². The zero-order chi connectivity index (χ0) is 38.9. The van der Waals surface area contributed by atoms with Gasteiger partial charge in [0.1, 0.15) is 11.5 Å². The molecule has 4 N–H and O–H groups in total. The van der Waals surface area contributed by atoms with Crippen molar-refractivity contribution in [3.05, 3.63) is 136 Å². The molecule has 1 aliphatic carbocycles. The maximum atomic E-state index is 12.1. The predicted octanol–water partition coefficient (Wildman–Crippen LogP) is 9.39. The zero-order valence-electron chi connectivity index (χ0n) is 31.3. The zero-order valence-corrected chi connectivity index (χ0v) is 32.9. The van der Waals surface area contributed by atoms with E-state index >= 15 is 0 Å². The van der Waals surface area contributed by atoms with Crippen molar-refractivity contribution in [2.24, 2.45) is 0 Å². The van der Waals surface area contributed by atoms with Gasteiger partial charge < -0.3 is 15.4 Å². The first kappa shape index (κ1) is 39.8. The number of nitrogens with zero attached hydrogens (tertiary/aromatic N) is 1. The molecule has 0 amide bonds. The van der Waals surface area contributed by atoms with Crippen LogP contribution in [-0.4, -0.2) is 32.5 Å². The Morgan fingerprint density at radius 1 is 0.962 bits per heavy atom. The Hall–Kier alpha value is -4.42. The number of hydrogen-bond acceptors (Lipinski definition) is 7. The first-order valence-electron chi connectivity index (χ1n) is 17.8. The fraction of sp³-hybridized carbons (Fsp3) is 0.333. The summed E-state index contributed by atoms with van der Waals surface area (Å²) in [6, 6.07) is 16.6. The second-order valence-electron chi connectivity index (χ2n) is 14.8. The van der Waals surface area contributed by atoms with Crippen LogP contribution in [0, 0.1) is 6.92 Å². The molecule has 1 aliphatic heterocycles. The number of hydrogen-bond donors (Lipinski definition) is 3. The molecule has 2 aliphatic rings. The smallest absolute Gasteiger partial charge is 0.294 e. The molecule has 9 nitrogen and oxygen atoms in total. The van der Waals surface area contributed by atoms with Gasteiger partial charge in [0, 0.05) is 34.4 Å². The second kappa shape index (κ2) is 15.1. The van der Waals surface area contributed by atoms with Gasteiger partial charge in [-0.1, -0.05) is 71.9 Å². The molecule has 0 saturated carbocycles. The summed E-state index contributed by atoms with van der Waals surface area (Å²) in [5.41, 5.74) is 12.4. The largest absolute Gasteiger partial charge is 0.457 e. The number of rotatable bonds is 12. The molecule has 1 heterocycles. The molecule has 0 spiro atoms. The second-order valence-corrected chi connectivity index (χ2v) is 17.7. The van der Waals surface area contributed by atoms with E-state index in [1.807, 2.05) is 45.1 Å². The normalized spacial score (nSPS) is 17.9. The lowest BCUT2D eigenvalue weighted by Crippen LogP contribution is -2.27. The highest BCUT2D eigenvalue weighted by atomic mass is 32.2. The lowest BCUT2D eigenvalue weighted by atomic mass is 9.76. The van der Waals surface area contributed by atoms with Crippen LogP contribution in [0.25, 0.3) is 0 Å². The quantitative estimate of drug-likeness (QED) is 0.0934. The highest BCUT2D eigenvalue weighted by Gasteiger charge is 2.40. The Labute approximate surface area is 314 Å². The van der Waals surface area contributed by atoms with E-state index in [1.165, 1.54) is 18.2 Å². The molecule has 0 fully saturated rings. The Kier molecular flexibility index (Phi) is 11.4. The van der Waals surface area contributed by atoms with Gasteiger partial charge in [0.05, 0.1) is 9.79 Å². The van der Waals surface area contributed by atoms with Gasteiger partial charge in [-0.2, -0.15) is 16.8 Å². The van der Waals surface area contributed by atoms with Crippen molar-refractivity contribution in [3.8, 4) is 5.75 Å². The van der Waals surface area contributed by atoms with Crippen LogP contribution < -0.4 is 15.4 Å². The number of anilines is 2. The highest BCUT2D eigenvalue weighted by molar-refractivity contribution is 7.86. The highest BCUT2D eigenvalue weighted by Crippen LogP contribution is 2.49. The molecule has 282 valence electrons. The summed E-state index contributed by atoms with van der Waals surface area (Å²) in [4.78, 5) is 1.95. The third-order valence-electron chi connectivity index (χ3n) is 10.4. The molecule has 5 rings (SSSR count). The minimum Gasteiger partial charge on any atom is -0.457 e. The maximum Gasteiger partial charge on any atom is 0.294 e. The molecule has 0 bridgehead atoms. The third-order valence-corrected chi connectivity index (χ3v) is 12.1. The fourth-order valence-corrected chi connectivity index (χ4v) is 8.09. The van der Waals surface area contributed by atoms with Crippen LogP contribution in [0.3, 0.4) is 0 Å². The molecule has 0 aromatic heterocycles. The number of benzene rings is 3. The SMILES string of the molecule is C=C(/C=C/C1=C(Oc2ccc(N)cc2)C(=C/C=C2/N(CCCC)c3ccc(S(=O)(=O)O)cc3C2(C)C)/CCC1)C(C)(C)c1cc(S(=O)(=O)O)ccc1C. The lowest BCUT2D eigenvalue weighted by Gasteiger charge is -2.29. The van der Waals surface area contributed by atoms with Gasteiger partial charge in [0.15, 0.2) is 0 Å². The van der Waals surface area contributed by atoms with Crippen LogP contribution in [-0.2, 0) is 31.1 Å². The lowest BCUT2D eigenvalue weighted by molar-refractivity contribution is 0.415. The maximum absolute atomic E-state index is 12.1. The van der Waals surface area contributed by atoms with E-state index in [9.17, 15) is 25.9 Å². The van der Waals surface area contributed by atoms with E-state index in [0.29, 0.717) is 17.2 Å². The molecular weight excluding hydrogens is 709 g/mol. The number of nitrogen functional groups attached to an aromatic ring is 1. The standard InChI is InChI=1S/C42H50N2O7S2/c1-8-9-25-44-38-23-22-35(53(48,49)50)27-37(38)42(6,7)39(44)24-16-31-12-10-11-30(40(31)51-33-19-17-32(43)18-20-33)15-14-29(3)41(4,5)36-26-34(52(45,46)47)21-13-28(36)2/h13-24,26-27H,3,8-12,25,43H2,1-2,4-7H3,(H,45,46,47)(H,48,49,50)/b15-14+,31-16+,39-24+. The number of unbranched alkanes of at least 4 members (excludes halogenated alkanes) is 1. The summed E-state index contributed by atoms with van der Waals surface area (Å²) >= 11 is 0. The van der Waals surface area contributed by atoms with Crippen molar-refractivity contribution in [2.45, 2.75) is 94.3 Å². The summed E-state index contributed by atoms with van der Waals surface area (Å²) < 4.78 is 74.2. The molecular formula is C42H50N2O7S2. The fourth-order valence-electron chi connectivity index (χ4n) is 7.07. The molecule has 0 unspecified atom stereocenters. The van der Waals surface area contributed by atoms with Crippen molar-refractivity contribution >= 4 is 31.6 Å². The summed E-state index contributed by atoms with van der Waals surface area (Å²) in [5, 5.41) is 0.